The highest BCUT2D eigenvalue weighted by Gasteiger charge is 2.16. The Hall–Kier alpha value is -5.11. The molecule has 0 amide bonds. The van der Waals surface area contributed by atoms with Gasteiger partial charge in [-0.25, -0.2) is 9.59 Å². The van der Waals surface area contributed by atoms with E-state index in [2.05, 4.69) is 25.8 Å². The van der Waals surface area contributed by atoms with Crippen LogP contribution in [0.15, 0.2) is 96.0 Å². The molecule has 8 nitrogen and oxygen atoms in total. The van der Waals surface area contributed by atoms with Crippen LogP contribution in [-0.4, -0.2) is 38.0 Å². The Morgan fingerprint density at radius 1 is 0.441 bits per heavy atom. The standard InChI is InChI=1S/C51H67NO7/c1-4-7-10-13-16-19-36-55-45-29-22-41(23-30-45)50(53)58-48-33-26-43(40-52-44-27-34-47(35-28-44)57-38-21-18-15-12-9-6-3)49(39-48)59-51(54)42-24-31-46(32-25-42)56-37-20-17-14-11-8-5-2/h22-35,39-40H,4-21,36-38H2,1-3H3. The van der Waals surface area contributed by atoms with Gasteiger partial charge in [-0.05, 0) is 104 Å². The fourth-order valence-electron chi connectivity index (χ4n) is 6.46. The van der Waals surface area contributed by atoms with Crippen LogP contribution < -0.4 is 23.7 Å². The van der Waals surface area contributed by atoms with E-state index in [1.165, 1.54) is 89.5 Å². The maximum atomic E-state index is 13.4. The predicted octanol–water partition coefficient (Wildman–Crippen LogP) is 14.1. The van der Waals surface area contributed by atoms with Crippen molar-refractivity contribution in [3.8, 4) is 28.7 Å². The monoisotopic (exact) mass is 805 g/mol. The summed E-state index contributed by atoms with van der Waals surface area (Å²) in [6.45, 7) is 8.62. The molecule has 0 aliphatic carbocycles. The lowest BCUT2D eigenvalue weighted by atomic mass is 10.1. The Morgan fingerprint density at radius 2 is 0.814 bits per heavy atom. The normalized spacial score (nSPS) is 11.1. The van der Waals surface area contributed by atoms with Crippen molar-refractivity contribution >= 4 is 23.8 Å². The summed E-state index contributed by atoms with van der Waals surface area (Å²) in [5, 5.41) is 0. The fourth-order valence-corrected chi connectivity index (χ4v) is 6.46. The van der Waals surface area contributed by atoms with Gasteiger partial charge in [0, 0.05) is 17.8 Å². The molecule has 8 heteroatoms. The van der Waals surface area contributed by atoms with Crippen LogP contribution in [0.4, 0.5) is 5.69 Å². The molecule has 0 aliphatic rings. The Kier molecular flexibility index (Phi) is 22.4. The van der Waals surface area contributed by atoms with Crippen molar-refractivity contribution in [2.75, 3.05) is 19.8 Å². The largest absolute Gasteiger partial charge is 0.494 e. The number of rotatable bonds is 30. The van der Waals surface area contributed by atoms with Crippen molar-refractivity contribution in [2.24, 2.45) is 4.99 Å². The van der Waals surface area contributed by atoms with Gasteiger partial charge in [-0.15, -0.1) is 0 Å². The van der Waals surface area contributed by atoms with E-state index in [-0.39, 0.29) is 11.5 Å². The molecular weight excluding hydrogens is 739 g/mol. The van der Waals surface area contributed by atoms with Crippen LogP contribution in [0.2, 0.25) is 0 Å². The van der Waals surface area contributed by atoms with Crippen LogP contribution in [0.5, 0.6) is 28.7 Å². The zero-order chi connectivity index (χ0) is 41.8. The highest BCUT2D eigenvalue weighted by Crippen LogP contribution is 2.28. The molecule has 318 valence electrons. The molecular formula is C51H67NO7. The first-order valence-electron chi connectivity index (χ1n) is 22.3. The molecule has 59 heavy (non-hydrogen) atoms. The summed E-state index contributed by atoms with van der Waals surface area (Å²) in [6.07, 6.45) is 23.2. The minimum atomic E-state index is -0.561. The number of hydrogen-bond donors (Lipinski definition) is 0. The molecule has 0 radical (unpaired) electrons. The van der Waals surface area contributed by atoms with Gasteiger partial charge in [0.25, 0.3) is 0 Å². The number of unbranched alkanes of at least 4 members (excludes halogenated alkanes) is 15. The fraction of sp³-hybridized carbons (Fsp3) is 0.471. The van der Waals surface area contributed by atoms with Gasteiger partial charge in [-0.1, -0.05) is 117 Å². The summed E-state index contributed by atoms with van der Waals surface area (Å²) in [4.78, 5) is 31.3. The summed E-state index contributed by atoms with van der Waals surface area (Å²) in [5.74, 6) is 1.53. The first-order chi connectivity index (χ1) is 29.0. The smallest absolute Gasteiger partial charge is 0.343 e. The third-order valence-corrected chi connectivity index (χ3v) is 10.1. The number of ether oxygens (including phenoxy) is 5. The molecule has 0 unspecified atom stereocenters. The molecule has 0 aliphatic heterocycles. The van der Waals surface area contributed by atoms with Crippen LogP contribution in [0.25, 0.3) is 0 Å². The number of nitrogens with zero attached hydrogens (tertiary/aromatic N) is 1. The average Bonchev–Trinajstić information content (AvgIpc) is 3.26. The quantitative estimate of drug-likeness (QED) is 0.0224. The maximum Gasteiger partial charge on any atom is 0.343 e. The Labute approximate surface area is 353 Å². The van der Waals surface area contributed by atoms with E-state index in [1.807, 2.05) is 24.3 Å². The Balaban J connectivity index is 1.39. The molecule has 0 saturated carbocycles. The predicted molar refractivity (Wildman–Crippen MR) is 240 cm³/mol. The molecule has 0 bridgehead atoms. The molecule has 0 N–H and O–H groups in total. The van der Waals surface area contributed by atoms with Crippen molar-refractivity contribution < 1.29 is 33.3 Å². The lowest BCUT2D eigenvalue weighted by Gasteiger charge is -2.12. The van der Waals surface area contributed by atoms with Crippen molar-refractivity contribution in [3.63, 3.8) is 0 Å². The number of aliphatic imine (C=N–C) groups is 1. The highest BCUT2D eigenvalue weighted by molar-refractivity contribution is 5.94. The second kappa shape index (κ2) is 28.3. The summed E-state index contributed by atoms with van der Waals surface area (Å²) < 4.78 is 29.4. The molecule has 0 aromatic heterocycles. The second-order valence-electron chi connectivity index (χ2n) is 15.1. The molecule has 4 aromatic carbocycles. The SMILES string of the molecule is CCCCCCCCOc1ccc(N=Cc2ccc(OC(=O)c3ccc(OCCCCCCCC)cc3)cc2OC(=O)c2ccc(OCCCCCCCC)cc2)cc1. The van der Waals surface area contributed by atoms with Gasteiger partial charge in [0.2, 0.25) is 0 Å². The van der Waals surface area contributed by atoms with Gasteiger partial charge in [-0.3, -0.25) is 4.99 Å². The lowest BCUT2D eigenvalue weighted by molar-refractivity contribution is 0.0732. The summed E-state index contributed by atoms with van der Waals surface area (Å²) in [7, 11) is 0. The third-order valence-electron chi connectivity index (χ3n) is 10.1. The summed E-state index contributed by atoms with van der Waals surface area (Å²) in [5.41, 5.74) is 1.98. The second-order valence-corrected chi connectivity index (χ2v) is 15.1. The summed E-state index contributed by atoms with van der Waals surface area (Å²) in [6, 6.07) is 26.3. The average molecular weight is 806 g/mol. The molecule has 0 fully saturated rings. The van der Waals surface area contributed by atoms with E-state index < -0.39 is 11.9 Å². The maximum absolute atomic E-state index is 13.4. The van der Waals surface area contributed by atoms with E-state index in [0.29, 0.717) is 53.7 Å². The molecule has 4 aromatic rings. The highest BCUT2D eigenvalue weighted by atomic mass is 16.5. The van der Waals surface area contributed by atoms with Gasteiger partial charge in [0.05, 0.1) is 36.6 Å². The van der Waals surface area contributed by atoms with E-state index in [4.69, 9.17) is 23.7 Å². The van der Waals surface area contributed by atoms with Crippen molar-refractivity contribution in [1.29, 1.82) is 0 Å². The topological polar surface area (TPSA) is 92.7 Å². The molecule has 0 heterocycles. The number of esters is 2. The molecule has 0 spiro atoms. The van der Waals surface area contributed by atoms with Gasteiger partial charge < -0.3 is 23.7 Å². The number of carbonyl (C=O) groups excluding carboxylic acids is 2. The molecule has 0 atom stereocenters. The minimum Gasteiger partial charge on any atom is -0.494 e. The van der Waals surface area contributed by atoms with Crippen LogP contribution in [0.1, 0.15) is 163 Å². The van der Waals surface area contributed by atoms with E-state index >= 15 is 0 Å². The van der Waals surface area contributed by atoms with E-state index in [0.717, 1.165) is 37.9 Å². The Bertz CT molecular complexity index is 1780. The van der Waals surface area contributed by atoms with Gasteiger partial charge in [0.1, 0.15) is 28.7 Å². The lowest BCUT2D eigenvalue weighted by Crippen LogP contribution is -2.11. The zero-order valence-corrected chi connectivity index (χ0v) is 35.9. The van der Waals surface area contributed by atoms with Gasteiger partial charge in [-0.2, -0.15) is 0 Å². The number of carbonyl (C=O) groups is 2. The minimum absolute atomic E-state index is 0.199. The van der Waals surface area contributed by atoms with Crippen LogP contribution in [-0.2, 0) is 0 Å². The number of hydrogen-bond acceptors (Lipinski definition) is 8. The first-order valence-corrected chi connectivity index (χ1v) is 22.3. The van der Waals surface area contributed by atoms with Crippen LogP contribution >= 0.6 is 0 Å². The van der Waals surface area contributed by atoms with E-state index in [9.17, 15) is 9.59 Å². The van der Waals surface area contributed by atoms with Crippen molar-refractivity contribution in [3.05, 3.63) is 108 Å². The summed E-state index contributed by atoms with van der Waals surface area (Å²) >= 11 is 0. The Morgan fingerprint density at radius 3 is 1.25 bits per heavy atom. The van der Waals surface area contributed by atoms with Crippen molar-refractivity contribution in [1.82, 2.24) is 0 Å². The molecule has 0 saturated heterocycles. The zero-order valence-electron chi connectivity index (χ0n) is 35.9. The van der Waals surface area contributed by atoms with E-state index in [1.54, 1.807) is 66.9 Å². The molecule has 4 rings (SSSR count). The van der Waals surface area contributed by atoms with Crippen LogP contribution in [0, 0.1) is 0 Å². The van der Waals surface area contributed by atoms with Crippen LogP contribution in [0.3, 0.4) is 0 Å². The number of benzene rings is 4. The van der Waals surface area contributed by atoms with Gasteiger partial charge >= 0.3 is 11.9 Å². The first kappa shape index (κ1) is 46.6. The van der Waals surface area contributed by atoms with Crippen molar-refractivity contribution in [2.45, 2.75) is 136 Å². The van der Waals surface area contributed by atoms with Gasteiger partial charge in [0.15, 0.2) is 0 Å². The third kappa shape index (κ3) is 18.6.